The number of fused-ring (bicyclic) bond motifs is 3. The summed E-state index contributed by atoms with van der Waals surface area (Å²) < 4.78 is 60.8. The molecule has 1 aliphatic carbocycles. The number of esters is 1. The molecule has 0 heterocycles. The molecule has 0 fully saturated rings. The summed E-state index contributed by atoms with van der Waals surface area (Å²) >= 11 is 0. The Kier molecular flexibility index (Phi) is 10.9. The average Bonchev–Trinajstić information content (AvgIpc) is 3.38. The van der Waals surface area contributed by atoms with Crippen LogP contribution in [-0.2, 0) is 25.1 Å². The zero-order valence-corrected chi connectivity index (χ0v) is 24.8. The maximum atomic E-state index is 13.0. The smallest absolute Gasteiger partial charge is 0.416 e. The Hall–Kier alpha value is -4.87. The minimum Gasteiger partial charge on any atom is -0.460 e. The largest absolute Gasteiger partial charge is 0.460 e. The fourth-order valence-electron chi connectivity index (χ4n) is 5.17. The first-order chi connectivity index (χ1) is 22.3. The average molecular weight is 635 g/mol. The molecule has 0 spiro atoms. The predicted molar refractivity (Wildman–Crippen MR) is 166 cm³/mol. The number of anilines is 2. The van der Waals surface area contributed by atoms with Crippen molar-refractivity contribution in [1.82, 2.24) is 5.32 Å². The van der Waals surface area contributed by atoms with Gasteiger partial charge in [0.15, 0.2) is 0 Å². The normalized spacial score (nSPS) is 12.2. The van der Waals surface area contributed by atoms with Crippen molar-refractivity contribution >= 4 is 23.4 Å². The molecule has 1 amide bonds. The standard InChI is InChI=1S/C35H33F3N2O6/c36-35(37,38)24-8-7-9-25(22-24)40-32-15-6-5-14-30(32)33(41)45-21-20-44-19-18-43-17-16-39-34(42)46-23-31-28-12-3-1-10-26(28)27-11-2-4-13-29(27)31/h1-15,22,31,40H,16-21,23H2,(H,39,42). The van der Waals surface area contributed by atoms with E-state index in [4.69, 9.17) is 18.9 Å². The first-order valence-corrected chi connectivity index (χ1v) is 14.8. The molecule has 0 radical (unpaired) electrons. The van der Waals surface area contributed by atoms with E-state index in [2.05, 4.69) is 34.9 Å². The number of carbonyl (C=O) groups excluding carboxylic acids is 2. The molecule has 0 atom stereocenters. The van der Waals surface area contributed by atoms with Gasteiger partial charge in [-0.3, -0.25) is 0 Å². The van der Waals surface area contributed by atoms with Crippen molar-refractivity contribution in [1.29, 1.82) is 0 Å². The van der Waals surface area contributed by atoms with Crippen molar-refractivity contribution in [3.05, 3.63) is 119 Å². The molecular weight excluding hydrogens is 601 g/mol. The highest BCUT2D eigenvalue weighted by molar-refractivity contribution is 5.96. The molecule has 4 aromatic carbocycles. The van der Waals surface area contributed by atoms with Crippen molar-refractivity contribution < 1.29 is 41.7 Å². The number of amides is 1. The van der Waals surface area contributed by atoms with Gasteiger partial charge in [0.1, 0.15) is 13.2 Å². The van der Waals surface area contributed by atoms with Gasteiger partial charge in [-0.25, -0.2) is 9.59 Å². The first kappa shape index (κ1) is 32.5. The lowest BCUT2D eigenvalue weighted by atomic mass is 9.98. The number of alkyl carbamates (subject to hydrolysis) is 1. The lowest BCUT2D eigenvalue weighted by Gasteiger charge is -2.14. The van der Waals surface area contributed by atoms with Crippen molar-refractivity contribution in [2.24, 2.45) is 0 Å². The van der Waals surface area contributed by atoms with Gasteiger partial charge >= 0.3 is 18.2 Å². The quantitative estimate of drug-likeness (QED) is 0.112. The Morgan fingerprint density at radius 1 is 0.696 bits per heavy atom. The van der Waals surface area contributed by atoms with Gasteiger partial charge in [0, 0.05) is 18.2 Å². The Morgan fingerprint density at radius 3 is 2.04 bits per heavy atom. The Labute approximate surface area is 264 Å². The van der Waals surface area contributed by atoms with E-state index < -0.39 is 23.8 Å². The molecule has 46 heavy (non-hydrogen) atoms. The molecule has 0 bridgehead atoms. The fourth-order valence-corrected chi connectivity index (χ4v) is 5.17. The summed E-state index contributed by atoms with van der Waals surface area (Å²) in [5.74, 6) is -0.657. The molecule has 240 valence electrons. The van der Waals surface area contributed by atoms with Crippen LogP contribution < -0.4 is 10.6 Å². The van der Waals surface area contributed by atoms with Gasteiger partial charge in [-0.05, 0) is 52.6 Å². The number of rotatable bonds is 14. The summed E-state index contributed by atoms with van der Waals surface area (Å²) in [5, 5.41) is 5.54. The third-order valence-corrected chi connectivity index (χ3v) is 7.31. The maximum Gasteiger partial charge on any atom is 0.416 e. The van der Waals surface area contributed by atoms with Crippen LogP contribution in [0.25, 0.3) is 11.1 Å². The van der Waals surface area contributed by atoms with Crippen LogP contribution in [0.3, 0.4) is 0 Å². The second-order valence-electron chi connectivity index (χ2n) is 10.4. The summed E-state index contributed by atoms with van der Waals surface area (Å²) in [4.78, 5) is 24.9. The number of halogens is 3. The lowest BCUT2D eigenvalue weighted by Crippen LogP contribution is -2.29. The molecule has 0 aliphatic heterocycles. The van der Waals surface area contributed by atoms with E-state index in [1.54, 1.807) is 18.2 Å². The van der Waals surface area contributed by atoms with Crippen molar-refractivity contribution in [3.8, 4) is 11.1 Å². The van der Waals surface area contributed by atoms with Crippen LogP contribution >= 0.6 is 0 Å². The molecule has 2 N–H and O–H groups in total. The summed E-state index contributed by atoms with van der Waals surface area (Å²) in [5.41, 5.74) is 4.49. The van der Waals surface area contributed by atoms with Gasteiger partial charge in [-0.2, -0.15) is 13.2 Å². The molecule has 0 saturated carbocycles. The van der Waals surface area contributed by atoms with Crippen molar-refractivity contribution in [2.75, 3.05) is 51.5 Å². The second kappa shape index (κ2) is 15.4. The van der Waals surface area contributed by atoms with E-state index in [9.17, 15) is 22.8 Å². The van der Waals surface area contributed by atoms with Gasteiger partial charge in [0.25, 0.3) is 0 Å². The predicted octanol–water partition coefficient (Wildman–Crippen LogP) is 7.18. The molecule has 4 aromatic rings. The fraction of sp³-hybridized carbons (Fsp3) is 0.257. The van der Waals surface area contributed by atoms with E-state index in [-0.39, 0.29) is 63.4 Å². The third-order valence-electron chi connectivity index (χ3n) is 7.31. The Bertz CT molecular complexity index is 1600. The number of hydrogen-bond acceptors (Lipinski definition) is 7. The second-order valence-corrected chi connectivity index (χ2v) is 10.4. The van der Waals surface area contributed by atoms with E-state index in [0.717, 1.165) is 34.4 Å². The van der Waals surface area contributed by atoms with Gasteiger partial charge in [0.05, 0.1) is 43.2 Å². The molecule has 5 rings (SSSR count). The van der Waals surface area contributed by atoms with Crippen LogP contribution in [0.4, 0.5) is 29.3 Å². The van der Waals surface area contributed by atoms with Crippen LogP contribution in [0, 0.1) is 0 Å². The number of carbonyl (C=O) groups is 2. The van der Waals surface area contributed by atoms with Crippen LogP contribution in [0.5, 0.6) is 0 Å². The molecular formula is C35H33F3N2O6. The van der Waals surface area contributed by atoms with E-state index in [1.165, 1.54) is 18.2 Å². The number of para-hydroxylation sites is 1. The van der Waals surface area contributed by atoms with Gasteiger partial charge in [-0.15, -0.1) is 0 Å². The van der Waals surface area contributed by atoms with Gasteiger partial charge in [-0.1, -0.05) is 66.7 Å². The Morgan fingerprint density at radius 2 is 1.33 bits per heavy atom. The minimum absolute atomic E-state index is 0.0123. The van der Waals surface area contributed by atoms with E-state index >= 15 is 0 Å². The number of alkyl halides is 3. The van der Waals surface area contributed by atoms with Crippen LogP contribution in [0.2, 0.25) is 0 Å². The zero-order valence-electron chi connectivity index (χ0n) is 24.8. The number of ether oxygens (including phenoxy) is 4. The molecule has 1 aliphatic rings. The van der Waals surface area contributed by atoms with Gasteiger partial charge in [0.2, 0.25) is 0 Å². The van der Waals surface area contributed by atoms with Crippen molar-refractivity contribution in [3.63, 3.8) is 0 Å². The lowest BCUT2D eigenvalue weighted by molar-refractivity contribution is -0.137. The Balaban J connectivity index is 0.936. The summed E-state index contributed by atoms with van der Waals surface area (Å²) in [6.07, 6.45) is -5.00. The van der Waals surface area contributed by atoms with E-state index in [1.807, 2.05) is 24.3 Å². The molecule has 0 aromatic heterocycles. The summed E-state index contributed by atoms with van der Waals surface area (Å²) in [6, 6.07) is 27.3. The SMILES string of the molecule is O=C(NCCOCCOCCOC(=O)c1ccccc1Nc1cccc(C(F)(F)F)c1)OCC1c2ccccc2-c2ccccc21. The summed E-state index contributed by atoms with van der Waals surface area (Å²) in [6.45, 7) is 1.37. The zero-order chi connectivity index (χ0) is 32.4. The number of hydrogen-bond donors (Lipinski definition) is 2. The maximum absolute atomic E-state index is 13.0. The molecule has 8 nitrogen and oxygen atoms in total. The molecule has 0 unspecified atom stereocenters. The number of nitrogens with one attached hydrogen (secondary N) is 2. The summed E-state index contributed by atoms with van der Waals surface area (Å²) in [7, 11) is 0. The van der Waals surface area contributed by atoms with E-state index in [0.29, 0.717) is 5.69 Å². The van der Waals surface area contributed by atoms with Crippen LogP contribution in [0.15, 0.2) is 97.1 Å². The monoisotopic (exact) mass is 634 g/mol. The van der Waals surface area contributed by atoms with Crippen LogP contribution in [0.1, 0.15) is 33.0 Å². The highest BCUT2D eigenvalue weighted by Gasteiger charge is 2.31. The third kappa shape index (κ3) is 8.43. The van der Waals surface area contributed by atoms with Crippen molar-refractivity contribution in [2.45, 2.75) is 12.1 Å². The topological polar surface area (TPSA) is 95.1 Å². The minimum atomic E-state index is -4.48. The first-order valence-electron chi connectivity index (χ1n) is 14.8. The van der Waals surface area contributed by atoms with Crippen LogP contribution in [-0.4, -0.2) is 58.2 Å². The van der Waals surface area contributed by atoms with Gasteiger partial charge < -0.3 is 29.6 Å². The highest BCUT2D eigenvalue weighted by Crippen LogP contribution is 2.44. The molecule has 0 saturated heterocycles. The highest BCUT2D eigenvalue weighted by atomic mass is 19.4. The molecule has 11 heteroatoms. The number of benzene rings is 4.